The van der Waals surface area contributed by atoms with Gasteiger partial charge in [-0.15, -0.1) is 0 Å². The number of rotatable bonds is 10. The summed E-state index contributed by atoms with van der Waals surface area (Å²) >= 11 is 0. The van der Waals surface area contributed by atoms with Crippen molar-refractivity contribution >= 4 is 11.9 Å². The Morgan fingerprint density at radius 1 is 1.17 bits per heavy atom. The predicted molar refractivity (Wildman–Crippen MR) is 111 cm³/mol. The Balaban J connectivity index is 2.15. The summed E-state index contributed by atoms with van der Waals surface area (Å²) < 4.78 is 35.8. The lowest BCUT2D eigenvalue weighted by atomic mass is 10.1. The van der Waals surface area contributed by atoms with E-state index >= 15 is 0 Å². The minimum Gasteiger partial charge on any atom is -0.490 e. The number of benzene rings is 2. The molecule has 0 aliphatic heterocycles. The minimum atomic E-state index is -2.97. The lowest BCUT2D eigenvalue weighted by Gasteiger charge is -2.17. The molecular formula is C21H26F2N4O3. The molecule has 2 aromatic carbocycles. The minimum absolute atomic E-state index is 0.00754. The number of primary amides is 1. The summed E-state index contributed by atoms with van der Waals surface area (Å²) in [6.45, 7) is 2.13. The van der Waals surface area contributed by atoms with Crippen molar-refractivity contribution in [2.24, 2.45) is 10.7 Å². The Morgan fingerprint density at radius 2 is 1.93 bits per heavy atom. The Hall–Kier alpha value is -3.36. The molecule has 0 unspecified atom stereocenters. The highest BCUT2D eigenvalue weighted by molar-refractivity contribution is 5.92. The lowest BCUT2D eigenvalue weighted by molar-refractivity contribution is -0.0520. The van der Waals surface area contributed by atoms with Crippen LogP contribution in [0.15, 0.2) is 47.5 Å². The summed E-state index contributed by atoms with van der Waals surface area (Å²) in [4.78, 5) is 15.8. The quantitative estimate of drug-likeness (QED) is 0.405. The number of carbonyl (C=O) groups excluding carboxylic acids is 1. The number of para-hydroxylation sites is 1. The molecule has 0 saturated heterocycles. The largest absolute Gasteiger partial charge is 0.490 e. The van der Waals surface area contributed by atoms with Crippen LogP contribution >= 0.6 is 0 Å². The van der Waals surface area contributed by atoms with Crippen LogP contribution < -0.4 is 25.8 Å². The number of alkyl halides is 2. The molecule has 4 N–H and O–H groups in total. The Bertz CT molecular complexity index is 875. The molecule has 0 aromatic heterocycles. The monoisotopic (exact) mass is 420 g/mol. The molecular weight excluding hydrogens is 394 g/mol. The highest BCUT2D eigenvalue weighted by Gasteiger charge is 2.16. The van der Waals surface area contributed by atoms with E-state index in [1.54, 1.807) is 43.3 Å². The van der Waals surface area contributed by atoms with Crippen molar-refractivity contribution in [3.05, 3.63) is 59.2 Å². The van der Waals surface area contributed by atoms with Crippen LogP contribution in [0.1, 0.15) is 35.3 Å². The van der Waals surface area contributed by atoms with Gasteiger partial charge in [-0.3, -0.25) is 4.79 Å². The van der Waals surface area contributed by atoms with Crippen molar-refractivity contribution in [1.82, 2.24) is 10.6 Å². The average molecular weight is 420 g/mol. The first-order valence-corrected chi connectivity index (χ1v) is 9.55. The zero-order valence-electron chi connectivity index (χ0n) is 17.0. The molecule has 0 fully saturated rings. The molecule has 9 heteroatoms. The van der Waals surface area contributed by atoms with E-state index in [-0.39, 0.29) is 18.0 Å². The van der Waals surface area contributed by atoms with Gasteiger partial charge >= 0.3 is 6.61 Å². The van der Waals surface area contributed by atoms with Crippen molar-refractivity contribution < 1.29 is 23.0 Å². The van der Waals surface area contributed by atoms with Crippen molar-refractivity contribution in [1.29, 1.82) is 0 Å². The first-order valence-electron chi connectivity index (χ1n) is 9.55. The number of amides is 1. The number of halogens is 2. The number of nitrogens with zero attached hydrogens (tertiary/aromatic N) is 1. The van der Waals surface area contributed by atoms with Crippen molar-refractivity contribution in [3.63, 3.8) is 0 Å². The van der Waals surface area contributed by atoms with Crippen LogP contribution in [0.4, 0.5) is 8.78 Å². The van der Waals surface area contributed by atoms with Gasteiger partial charge in [0.2, 0.25) is 5.91 Å². The van der Waals surface area contributed by atoms with Crippen LogP contribution in [0.3, 0.4) is 0 Å². The summed E-state index contributed by atoms with van der Waals surface area (Å²) in [5.74, 6) is 0.215. The number of carbonyl (C=O) groups is 1. The van der Waals surface area contributed by atoms with E-state index in [4.69, 9.17) is 10.5 Å². The van der Waals surface area contributed by atoms with Crippen LogP contribution in [0.5, 0.6) is 11.5 Å². The smallest absolute Gasteiger partial charge is 0.387 e. The second-order valence-electron chi connectivity index (χ2n) is 6.17. The number of aliphatic imine (C=N–C) groups is 1. The summed E-state index contributed by atoms with van der Waals surface area (Å²) in [6, 6.07) is 11.8. The second kappa shape index (κ2) is 11.6. The van der Waals surface area contributed by atoms with Crippen molar-refractivity contribution in [2.45, 2.75) is 33.5 Å². The molecule has 7 nitrogen and oxygen atoms in total. The average Bonchev–Trinajstić information content (AvgIpc) is 2.72. The first-order chi connectivity index (χ1) is 14.4. The van der Waals surface area contributed by atoms with E-state index in [9.17, 15) is 13.6 Å². The van der Waals surface area contributed by atoms with Gasteiger partial charge in [-0.05, 0) is 37.6 Å². The normalized spacial score (nSPS) is 11.3. The third kappa shape index (κ3) is 6.91. The van der Waals surface area contributed by atoms with Crippen LogP contribution in [0, 0.1) is 0 Å². The number of ether oxygens (including phenoxy) is 2. The fourth-order valence-electron chi connectivity index (χ4n) is 2.71. The number of nitrogens with one attached hydrogen (secondary N) is 2. The van der Waals surface area contributed by atoms with Gasteiger partial charge in [0.15, 0.2) is 17.5 Å². The highest BCUT2D eigenvalue weighted by atomic mass is 19.3. The van der Waals surface area contributed by atoms with Gasteiger partial charge in [0, 0.05) is 24.2 Å². The molecule has 1 amide bonds. The SMILES string of the molecule is CCNC(=NCc1cccc(C(N)=O)c1)NCc1cccc(OCC)c1OC(F)F. The second-order valence-corrected chi connectivity index (χ2v) is 6.17. The molecule has 0 aliphatic carbocycles. The topological polar surface area (TPSA) is 98.0 Å². The van der Waals surface area contributed by atoms with Crippen LogP contribution in [-0.2, 0) is 13.1 Å². The van der Waals surface area contributed by atoms with E-state index < -0.39 is 12.5 Å². The molecule has 30 heavy (non-hydrogen) atoms. The van der Waals surface area contributed by atoms with Gasteiger partial charge in [0.05, 0.1) is 13.2 Å². The van der Waals surface area contributed by atoms with Gasteiger partial charge in [0.25, 0.3) is 0 Å². The summed E-state index contributed by atoms with van der Waals surface area (Å²) in [5.41, 5.74) is 7.02. The Labute approximate surface area is 174 Å². The number of guanidine groups is 1. The predicted octanol–water partition coefficient (Wildman–Crippen LogP) is 3.04. The van der Waals surface area contributed by atoms with Gasteiger partial charge in [0.1, 0.15) is 0 Å². The maximum absolute atomic E-state index is 12.9. The first kappa shape index (κ1) is 22.9. The van der Waals surface area contributed by atoms with Crippen molar-refractivity contribution in [2.75, 3.05) is 13.2 Å². The fourth-order valence-corrected chi connectivity index (χ4v) is 2.71. The molecule has 0 atom stereocenters. The number of hydrogen-bond acceptors (Lipinski definition) is 4. The molecule has 0 heterocycles. The molecule has 0 radical (unpaired) electrons. The maximum atomic E-state index is 12.9. The van der Waals surface area contributed by atoms with Gasteiger partial charge in [-0.1, -0.05) is 24.3 Å². The summed E-state index contributed by atoms with van der Waals surface area (Å²) in [6.07, 6.45) is 0. The van der Waals surface area contributed by atoms with Gasteiger partial charge in [-0.2, -0.15) is 8.78 Å². The third-order valence-electron chi connectivity index (χ3n) is 3.99. The molecule has 162 valence electrons. The fraction of sp³-hybridized carbons (Fsp3) is 0.333. The maximum Gasteiger partial charge on any atom is 0.387 e. The highest BCUT2D eigenvalue weighted by Crippen LogP contribution is 2.32. The zero-order chi connectivity index (χ0) is 21.9. The molecule has 2 aromatic rings. The van der Waals surface area contributed by atoms with E-state index in [2.05, 4.69) is 20.4 Å². The third-order valence-corrected chi connectivity index (χ3v) is 3.99. The van der Waals surface area contributed by atoms with Crippen LogP contribution in [-0.4, -0.2) is 31.6 Å². The van der Waals surface area contributed by atoms with E-state index in [0.717, 1.165) is 5.56 Å². The summed E-state index contributed by atoms with van der Waals surface area (Å²) in [5, 5.41) is 6.18. The summed E-state index contributed by atoms with van der Waals surface area (Å²) in [7, 11) is 0. The van der Waals surface area contributed by atoms with Crippen LogP contribution in [0.25, 0.3) is 0 Å². The molecule has 0 spiro atoms. The molecule has 2 rings (SSSR count). The van der Waals surface area contributed by atoms with Gasteiger partial charge in [-0.25, -0.2) is 4.99 Å². The standard InChI is InChI=1S/C21H26F2N4O3/c1-3-25-21(26-12-14-7-5-8-15(11-14)19(24)28)27-13-16-9-6-10-17(29-4-2)18(16)30-20(22)23/h5-11,20H,3-4,12-13H2,1-2H3,(H2,24,28)(H2,25,26,27). The lowest BCUT2D eigenvalue weighted by Crippen LogP contribution is -2.37. The number of hydrogen-bond donors (Lipinski definition) is 3. The number of nitrogens with two attached hydrogens (primary N) is 1. The van der Waals surface area contributed by atoms with E-state index in [1.807, 2.05) is 13.0 Å². The van der Waals surface area contributed by atoms with Crippen molar-refractivity contribution in [3.8, 4) is 11.5 Å². The molecule has 0 bridgehead atoms. The Kier molecular flexibility index (Phi) is 8.86. The van der Waals surface area contributed by atoms with Crippen LogP contribution in [0.2, 0.25) is 0 Å². The Morgan fingerprint density at radius 3 is 2.60 bits per heavy atom. The van der Waals surface area contributed by atoms with E-state index in [0.29, 0.717) is 36.8 Å². The van der Waals surface area contributed by atoms with E-state index in [1.165, 1.54) is 0 Å². The van der Waals surface area contributed by atoms with Gasteiger partial charge < -0.3 is 25.8 Å². The zero-order valence-corrected chi connectivity index (χ0v) is 17.0. The molecule has 0 aliphatic rings. The molecule has 0 saturated carbocycles.